The average Bonchev–Trinajstić information content (AvgIpc) is 3.13. The maximum absolute atomic E-state index is 12.9. The molecule has 12 heteroatoms. The van der Waals surface area contributed by atoms with E-state index in [-0.39, 0.29) is 30.0 Å². The van der Waals surface area contributed by atoms with Crippen molar-refractivity contribution >= 4 is 18.0 Å². The third kappa shape index (κ3) is 7.60. The van der Waals surface area contributed by atoms with Crippen LogP contribution in [0.5, 0.6) is 5.75 Å². The molecule has 0 aliphatic carbocycles. The molecule has 1 aliphatic rings. The fourth-order valence-electron chi connectivity index (χ4n) is 3.53. The molecular formula is C24H26F2N2O8. The van der Waals surface area contributed by atoms with E-state index in [9.17, 15) is 28.5 Å². The Morgan fingerprint density at radius 2 is 1.69 bits per heavy atom. The first-order valence-electron chi connectivity index (χ1n) is 11.0. The smallest absolute Gasteiger partial charge is 0.429 e. The summed E-state index contributed by atoms with van der Waals surface area (Å²) in [6, 6.07) is 9.96. The fourth-order valence-corrected chi connectivity index (χ4v) is 3.53. The minimum absolute atomic E-state index is 0.0142. The third-order valence-electron chi connectivity index (χ3n) is 5.15. The van der Waals surface area contributed by atoms with Crippen molar-refractivity contribution in [3.63, 3.8) is 0 Å². The number of non-ortho nitro benzene ring substituents is 1. The largest absolute Gasteiger partial charge is 0.514 e. The minimum atomic E-state index is -2.60. The van der Waals surface area contributed by atoms with Gasteiger partial charge in [0.15, 0.2) is 12.2 Å². The quantitative estimate of drug-likeness (QED) is 0.239. The highest BCUT2D eigenvalue weighted by atomic mass is 19.3. The minimum Gasteiger partial charge on any atom is -0.429 e. The van der Waals surface area contributed by atoms with Crippen molar-refractivity contribution in [2.45, 2.75) is 57.5 Å². The van der Waals surface area contributed by atoms with Crippen LogP contribution in [-0.4, -0.2) is 47.6 Å². The summed E-state index contributed by atoms with van der Waals surface area (Å²) in [4.78, 5) is 34.9. The van der Waals surface area contributed by atoms with Crippen LogP contribution >= 0.6 is 0 Å². The first-order chi connectivity index (χ1) is 16.9. The summed E-state index contributed by atoms with van der Waals surface area (Å²) in [5.74, 6) is 0.0142. The number of alkyl halides is 2. The van der Waals surface area contributed by atoms with Gasteiger partial charge in [-0.3, -0.25) is 10.1 Å². The standard InChI is InChI=1S/C24H26F2N2O8/c1-24(2,3)36-23(30)34-19-13-27-18(12-14-4-6-15(7-5-14)21(25)26)20(19)35-22(29)33-17-10-8-16(9-11-17)28(31)32/h4-11,18-21,27H,12-13H2,1-3H3/t18-,19+,20+/m1/s1. The van der Waals surface area contributed by atoms with Gasteiger partial charge in [-0.05, 0) is 44.9 Å². The highest BCUT2D eigenvalue weighted by Gasteiger charge is 2.42. The van der Waals surface area contributed by atoms with Gasteiger partial charge >= 0.3 is 12.3 Å². The molecule has 194 valence electrons. The van der Waals surface area contributed by atoms with Crippen LogP contribution in [0.4, 0.5) is 24.1 Å². The highest BCUT2D eigenvalue weighted by Crippen LogP contribution is 2.25. The number of hydrogen-bond donors (Lipinski definition) is 1. The Hall–Kier alpha value is -3.80. The molecule has 3 rings (SSSR count). The number of rotatable bonds is 7. The number of carbonyl (C=O) groups is 2. The molecule has 0 radical (unpaired) electrons. The van der Waals surface area contributed by atoms with Gasteiger partial charge in [-0.2, -0.15) is 0 Å². The molecule has 2 aromatic rings. The van der Waals surface area contributed by atoms with E-state index in [2.05, 4.69) is 5.32 Å². The molecule has 10 nitrogen and oxygen atoms in total. The summed E-state index contributed by atoms with van der Waals surface area (Å²) in [5.41, 5.74) is -0.421. The Kier molecular flexibility index (Phi) is 8.41. The van der Waals surface area contributed by atoms with Crippen molar-refractivity contribution in [1.82, 2.24) is 5.32 Å². The Balaban J connectivity index is 1.72. The van der Waals surface area contributed by atoms with Crippen LogP contribution in [0.1, 0.15) is 38.3 Å². The third-order valence-corrected chi connectivity index (χ3v) is 5.15. The molecule has 36 heavy (non-hydrogen) atoms. The lowest BCUT2D eigenvalue weighted by molar-refractivity contribution is -0.384. The van der Waals surface area contributed by atoms with E-state index in [1.54, 1.807) is 20.8 Å². The summed E-state index contributed by atoms with van der Waals surface area (Å²) >= 11 is 0. The Bertz CT molecular complexity index is 1070. The van der Waals surface area contributed by atoms with Gasteiger partial charge in [-0.25, -0.2) is 18.4 Å². The van der Waals surface area contributed by atoms with E-state index in [4.69, 9.17) is 18.9 Å². The summed E-state index contributed by atoms with van der Waals surface area (Å²) in [6.45, 7) is 5.14. The second kappa shape index (κ2) is 11.3. The molecule has 2 aromatic carbocycles. The molecule has 3 atom stereocenters. The number of benzene rings is 2. The molecule has 1 fully saturated rings. The number of nitrogens with zero attached hydrogens (tertiary/aromatic N) is 1. The zero-order chi connectivity index (χ0) is 26.5. The van der Waals surface area contributed by atoms with Gasteiger partial charge in [-0.1, -0.05) is 24.3 Å². The molecule has 0 amide bonds. The molecule has 1 saturated heterocycles. The molecular weight excluding hydrogens is 482 g/mol. The lowest BCUT2D eigenvalue weighted by Gasteiger charge is -2.25. The van der Waals surface area contributed by atoms with E-state index >= 15 is 0 Å². The van der Waals surface area contributed by atoms with Crippen molar-refractivity contribution in [2.75, 3.05) is 6.54 Å². The summed E-state index contributed by atoms with van der Waals surface area (Å²) in [7, 11) is 0. The topological polar surface area (TPSA) is 126 Å². The normalized spacial score (nSPS) is 19.6. The molecule has 1 N–H and O–H groups in total. The number of hydrogen-bond acceptors (Lipinski definition) is 9. The number of nitro groups is 1. The van der Waals surface area contributed by atoms with Gasteiger partial charge in [0.2, 0.25) is 0 Å². The van der Waals surface area contributed by atoms with Crippen molar-refractivity contribution in [3.05, 3.63) is 69.8 Å². The Morgan fingerprint density at radius 3 is 2.25 bits per heavy atom. The predicted molar refractivity (Wildman–Crippen MR) is 122 cm³/mol. The van der Waals surface area contributed by atoms with Crippen LogP contribution in [-0.2, 0) is 20.6 Å². The van der Waals surface area contributed by atoms with Crippen LogP contribution in [0.2, 0.25) is 0 Å². The number of ether oxygens (including phenoxy) is 4. The van der Waals surface area contributed by atoms with Crippen molar-refractivity contribution in [2.24, 2.45) is 0 Å². The van der Waals surface area contributed by atoms with Crippen LogP contribution in [0.3, 0.4) is 0 Å². The van der Waals surface area contributed by atoms with Gasteiger partial charge in [0.1, 0.15) is 11.4 Å². The number of nitro benzene ring substituents is 1. The van der Waals surface area contributed by atoms with E-state index < -0.39 is 47.5 Å². The van der Waals surface area contributed by atoms with Crippen molar-refractivity contribution in [1.29, 1.82) is 0 Å². The fraction of sp³-hybridized carbons (Fsp3) is 0.417. The number of nitrogens with one attached hydrogen (secondary N) is 1. The van der Waals surface area contributed by atoms with Crippen LogP contribution in [0.25, 0.3) is 0 Å². The maximum Gasteiger partial charge on any atom is 0.514 e. The number of carbonyl (C=O) groups excluding carboxylic acids is 2. The predicted octanol–water partition coefficient (Wildman–Crippen LogP) is 4.95. The van der Waals surface area contributed by atoms with Crippen LogP contribution < -0.4 is 10.1 Å². The van der Waals surface area contributed by atoms with Crippen LogP contribution in [0, 0.1) is 10.1 Å². The van der Waals surface area contributed by atoms with Crippen molar-refractivity contribution in [3.8, 4) is 5.75 Å². The number of halogens is 2. The maximum atomic E-state index is 12.9. The SMILES string of the molecule is CC(C)(C)OC(=O)O[C@H]1CN[C@H](Cc2ccc(C(F)F)cc2)[C@@H]1OC(=O)Oc1ccc([N+](=O)[O-])cc1. The summed E-state index contributed by atoms with van der Waals surface area (Å²) in [5, 5.41) is 13.9. The molecule has 1 heterocycles. The van der Waals surface area contributed by atoms with Gasteiger partial charge in [0, 0.05) is 24.2 Å². The van der Waals surface area contributed by atoms with Crippen molar-refractivity contribution < 1.29 is 42.2 Å². The first kappa shape index (κ1) is 26.8. The van der Waals surface area contributed by atoms with E-state index in [0.717, 1.165) is 0 Å². The summed E-state index contributed by atoms with van der Waals surface area (Å²) < 4.78 is 46.9. The molecule has 0 bridgehead atoms. The van der Waals surface area contributed by atoms with Gasteiger partial charge in [-0.15, -0.1) is 0 Å². The van der Waals surface area contributed by atoms with E-state index in [1.807, 2.05) is 0 Å². The lowest BCUT2D eigenvalue weighted by atomic mass is 10.0. The van der Waals surface area contributed by atoms with Gasteiger partial charge in [0.25, 0.3) is 12.1 Å². The second-order valence-electron chi connectivity index (χ2n) is 9.07. The first-order valence-corrected chi connectivity index (χ1v) is 11.0. The van der Waals surface area contributed by atoms with Crippen LogP contribution in [0.15, 0.2) is 48.5 Å². The Morgan fingerprint density at radius 1 is 1.06 bits per heavy atom. The second-order valence-corrected chi connectivity index (χ2v) is 9.07. The zero-order valence-electron chi connectivity index (χ0n) is 19.8. The average molecular weight is 508 g/mol. The van der Waals surface area contributed by atoms with Gasteiger partial charge < -0.3 is 24.3 Å². The van der Waals surface area contributed by atoms with E-state index in [1.165, 1.54) is 48.5 Å². The molecule has 0 saturated carbocycles. The highest BCUT2D eigenvalue weighted by molar-refractivity contribution is 5.65. The molecule has 0 spiro atoms. The summed E-state index contributed by atoms with van der Waals surface area (Å²) in [6.07, 6.45) is -6.32. The Labute approximate surface area is 205 Å². The molecule has 1 aliphatic heterocycles. The van der Waals surface area contributed by atoms with E-state index in [0.29, 0.717) is 5.56 Å². The monoisotopic (exact) mass is 508 g/mol. The van der Waals surface area contributed by atoms with Gasteiger partial charge in [0.05, 0.1) is 11.0 Å². The lowest BCUT2D eigenvalue weighted by Crippen LogP contribution is -2.41. The molecule has 0 unspecified atom stereocenters. The zero-order valence-corrected chi connectivity index (χ0v) is 19.8. The molecule has 0 aromatic heterocycles.